The number of benzene rings is 1. The number of amides is 1. The van der Waals surface area contributed by atoms with Crippen molar-refractivity contribution in [3.63, 3.8) is 0 Å². The van der Waals surface area contributed by atoms with Gasteiger partial charge in [0.15, 0.2) is 0 Å². The molecular weight excluding hydrogens is 625 g/mol. The number of thiazole rings is 1. The number of ether oxygens (including phenoxy) is 1. The Morgan fingerprint density at radius 3 is 2.62 bits per heavy atom. The zero-order chi connectivity index (χ0) is 32.5. The van der Waals surface area contributed by atoms with Crippen molar-refractivity contribution >= 4 is 34.9 Å². The molecule has 1 aliphatic rings. The fourth-order valence-electron chi connectivity index (χ4n) is 5.32. The second-order valence-electron chi connectivity index (χ2n) is 11.2. The van der Waals surface area contributed by atoms with Crippen molar-refractivity contribution in [1.82, 2.24) is 19.4 Å². The molecule has 4 heterocycles. The van der Waals surface area contributed by atoms with Crippen LogP contribution in [0, 0.1) is 5.92 Å². The molecule has 4 aromatic rings. The van der Waals surface area contributed by atoms with Crippen LogP contribution in [0.1, 0.15) is 62.3 Å². The lowest BCUT2D eigenvalue weighted by molar-refractivity contribution is -0.141. The molecule has 12 heteroatoms. The van der Waals surface area contributed by atoms with Gasteiger partial charge >= 0.3 is 6.18 Å². The van der Waals surface area contributed by atoms with E-state index in [1.807, 2.05) is 25.7 Å². The van der Waals surface area contributed by atoms with Crippen LogP contribution in [0.5, 0.6) is 5.75 Å². The van der Waals surface area contributed by atoms with Crippen molar-refractivity contribution in [1.29, 1.82) is 0 Å². The van der Waals surface area contributed by atoms with E-state index in [-0.39, 0.29) is 16.5 Å². The van der Waals surface area contributed by atoms with Gasteiger partial charge in [0, 0.05) is 36.3 Å². The summed E-state index contributed by atoms with van der Waals surface area (Å²) in [6.45, 7) is 9.29. The fraction of sp³-hybridized carbons (Fsp3) is 0.333. The van der Waals surface area contributed by atoms with Crippen molar-refractivity contribution in [3.8, 4) is 33.3 Å². The molecule has 5 rings (SSSR count). The molecule has 1 fully saturated rings. The SMILES string of the molecule is CCOc1ccc(Cl)c(-n2c(C=C(C)C)c(C(=O)N3CCC[C@@H](C)C3)cc(-c3nc(-c4ccc(C(F)(F)F)nc4)cs3)c2=O)c1. The number of halogens is 4. The first-order valence-electron chi connectivity index (χ1n) is 14.5. The molecule has 7 nitrogen and oxygen atoms in total. The van der Waals surface area contributed by atoms with Gasteiger partial charge in [-0.15, -0.1) is 11.3 Å². The largest absolute Gasteiger partial charge is 0.494 e. The van der Waals surface area contributed by atoms with Crippen LogP contribution in [0.3, 0.4) is 0 Å². The van der Waals surface area contributed by atoms with E-state index in [2.05, 4.69) is 16.9 Å². The topological polar surface area (TPSA) is 77.3 Å². The van der Waals surface area contributed by atoms with Gasteiger partial charge in [-0.25, -0.2) is 4.98 Å². The summed E-state index contributed by atoms with van der Waals surface area (Å²) in [6.07, 6.45) is 0.214. The Labute approximate surface area is 268 Å². The maximum absolute atomic E-state index is 14.4. The van der Waals surface area contributed by atoms with Gasteiger partial charge in [0.1, 0.15) is 16.5 Å². The highest BCUT2D eigenvalue weighted by Gasteiger charge is 2.32. The predicted octanol–water partition coefficient (Wildman–Crippen LogP) is 8.39. The van der Waals surface area contributed by atoms with Gasteiger partial charge in [0.05, 0.1) is 39.8 Å². The van der Waals surface area contributed by atoms with Crippen LogP contribution in [-0.2, 0) is 6.18 Å². The molecule has 1 saturated heterocycles. The Bertz CT molecular complexity index is 1810. The summed E-state index contributed by atoms with van der Waals surface area (Å²) < 4.78 is 46.4. The normalized spacial score (nSPS) is 15.2. The molecule has 0 N–H and O–H groups in total. The van der Waals surface area contributed by atoms with E-state index in [0.29, 0.717) is 64.6 Å². The van der Waals surface area contributed by atoms with E-state index in [1.54, 1.807) is 35.7 Å². The first-order chi connectivity index (χ1) is 21.4. The number of likely N-dealkylation sites (tertiary alicyclic amines) is 1. The molecule has 1 amide bonds. The van der Waals surface area contributed by atoms with Crippen LogP contribution in [0.15, 0.2) is 58.3 Å². The van der Waals surface area contributed by atoms with Gasteiger partial charge < -0.3 is 9.64 Å². The molecule has 0 unspecified atom stereocenters. The van der Waals surface area contributed by atoms with E-state index in [4.69, 9.17) is 16.3 Å². The van der Waals surface area contributed by atoms with Gasteiger partial charge in [-0.1, -0.05) is 24.1 Å². The summed E-state index contributed by atoms with van der Waals surface area (Å²) in [7, 11) is 0. The Morgan fingerprint density at radius 2 is 1.98 bits per heavy atom. The monoisotopic (exact) mass is 656 g/mol. The minimum Gasteiger partial charge on any atom is -0.494 e. The lowest BCUT2D eigenvalue weighted by atomic mass is 9.98. The zero-order valence-electron chi connectivity index (χ0n) is 25.2. The standard InChI is InChI=1S/C33H32ClF3N4O3S/c1-5-44-22-9-10-25(34)28(14-22)41-27(13-19(2)3)23(31(42)40-12-6-7-20(4)17-40)15-24(32(41)43)30-39-26(18-45-30)21-8-11-29(38-16-21)33(35,36)37/h8-11,13-16,18,20H,5-7,12,17H2,1-4H3/t20-/m1/s1. The summed E-state index contributed by atoms with van der Waals surface area (Å²) >= 11 is 7.85. The number of hydrogen-bond acceptors (Lipinski definition) is 6. The molecule has 1 aromatic carbocycles. The fourth-order valence-corrected chi connectivity index (χ4v) is 6.36. The summed E-state index contributed by atoms with van der Waals surface area (Å²) in [6, 6.07) is 8.76. The molecule has 45 heavy (non-hydrogen) atoms. The second-order valence-corrected chi connectivity index (χ2v) is 12.5. The third kappa shape index (κ3) is 6.99. The number of nitrogens with zero attached hydrogens (tertiary/aromatic N) is 4. The molecule has 0 saturated carbocycles. The Morgan fingerprint density at radius 1 is 1.20 bits per heavy atom. The molecule has 0 spiro atoms. The molecule has 0 radical (unpaired) electrons. The number of rotatable bonds is 7. The molecule has 1 atom stereocenters. The van der Waals surface area contributed by atoms with E-state index in [9.17, 15) is 22.8 Å². The van der Waals surface area contributed by atoms with E-state index in [1.165, 1.54) is 10.6 Å². The highest BCUT2D eigenvalue weighted by Crippen LogP contribution is 2.34. The molecule has 236 valence electrons. The summed E-state index contributed by atoms with van der Waals surface area (Å²) in [4.78, 5) is 38.6. The van der Waals surface area contributed by atoms with Crippen molar-refractivity contribution in [2.24, 2.45) is 5.92 Å². The van der Waals surface area contributed by atoms with E-state index in [0.717, 1.165) is 42.0 Å². The first kappa shape index (κ1) is 32.4. The van der Waals surface area contributed by atoms with Crippen LogP contribution < -0.4 is 10.3 Å². The van der Waals surface area contributed by atoms with Crippen molar-refractivity contribution in [3.05, 3.63) is 85.9 Å². The highest BCUT2D eigenvalue weighted by atomic mass is 35.5. The van der Waals surface area contributed by atoms with Crippen LogP contribution in [0.4, 0.5) is 13.2 Å². The lowest BCUT2D eigenvalue weighted by Crippen LogP contribution is -2.40. The zero-order valence-corrected chi connectivity index (χ0v) is 26.8. The van der Waals surface area contributed by atoms with Gasteiger partial charge in [-0.3, -0.25) is 19.1 Å². The van der Waals surface area contributed by atoms with Gasteiger partial charge in [0.2, 0.25) is 0 Å². The molecule has 3 aromatic heterocycles. The van der Waals surface area contributed by atoms with Crippen molar-refractivity contribution in [2.45, 2.75) is 46.7 Å². The molecule has 1 aliphatic heterocycles. The average Bonchev–Trinajstić information content (AvgIpc) is 3.48. The van der Waals surface area contributed by atoms with Gasteiger partial charge in [-0.05, 0) is 75.9 Å². The van der Waals surface area contributed by atoms with Crippen molar-refractivity contribution < 1.29 is 22.7 Å². The maximum Gasteiger partial charge on any atom is 0.433 e. The quantitative estimate of drug-likeness (QED) is 0.200. The molecule has 0 bridgehead atoms. The number of pyridine rings is 2. The maximum atomic E-state index is 14.4. The minimum absolute atomic E-state index is 0.156. The number of allylic oxidation sites excluding steroid dienone is 1. The summed E-state index contributed by atoms with van der Waals surface area (Å²) in [5.41, 5.74) is 1.28. The van der Waals surface area contributed by atoms with Crippen molar-refractivity contribution in [2.75, 3.05) is 19.7 Å². The molecular formula is C33H32ClF3N4O3S. The number of hydrogen-bond donors (Lipinski definition) is 0. The number of alkyl halides is 3. The number of carbonyl (C=O) groups excluding carboxylic acids is 1. The van der Waals surface area contributed by atoms with E-state index < -0.39 is 17.4 Å². The van der Waals surface area contributed by atoms with Gasteiger partial charge in [0.25, 0.3) is 11.5 Å². The number of piperidine rings is 1. The second kappa shape index (κ2) is 13.2. The molecule has 0 aliphatic carbocycles. The first-order valence-corrected chi connectivity index (χ1v) is 15.8. The average molecular weight is 657 g/mol. The Hall–Kier alpha value is -3.96. The number of carbonyl (C=O) groups is 1. The Kier molecular flexibility index (Phi) is 9.50. The lowest BCUT2D eigenvalue weighted by Gasteiger charge is -2.32. The van der Waals surface area contributed by atoms with Crippen LogP contribution in [0.25, 0.3) is 33.6 Å². The predicted molar refractivity (Wildman–Crippen MR) is 171 cm³/mol. The van der Waals surface area contributed by atoms with Crippen LogP contribution >= 0.6 is 22.9 Å². The third-order valence-electron chi connectivity index (χ3n) is 7.39. The van der Waals surface area contributed by atoms with Crippen LogP contribution in [0.2, 0.25) is 5.02 Å². The minimum atomic E-state index is -4.57. The summed E-state index contributed by atoms with van der Waals surface area (Å²) in [5.74, 6) is 0.613. The smallest absolute Gasteiger partial charge is 0.433 e. The highest BCUT2D eigenvalue weighted by molar-refractivity contribution is 7.13. The van der Waals surface area contributed by atoms with Crippen LogP contribution in [-0.4, -0.2) is 45.0 Å². The summed E-state index contributed by atoms with van der Waals surface area (Å²) in [5, 5.41) is 2.22. The third-order valence-corrected chi connectivity index (χ3v) is 8.59. The van der Waals surface area contributed by atoms with E-state index >= 15 is 0 Å². The van der Waals surface area contributed by atoms with Gasteiger partial charge in [-0.2, -0.15) is 13.2 Å². The Balaban J connectivity index is 1.74. The number of aromatic nitrogens is 3.